The van der Waals surface area contributed by atoms with Gasteiger partial charge in [-0.05, 0) is 94.5 Å². The van der Waals surface area contributed by atoms with Gasteiger partial charge in [0.15, 0.2) is 11.5 Å². The minimum absolute atomic E-state index is 0. The average Bonchev–Trinajstić information content (AvgIpc) is 3.89. The minimum Gasteiger partial charge on any atom is -0.508 e. The standard InChI is InChI=1S/C27H28F3NO6.C24H28N2O3.2CH4/c1-25(2,14-33)23-8-16-7-15(19(28)11-20(16)31(23)12-18(34)13-32)9-24(35)26(5-6-26)17-3-4-21-22(10-17)37-27(29,30)36-21;1-23(2,3)16-11-17(24(4,5)6)20(27)12-19(16)26-22(29)15-13-25-18-10-8-7-9-14(18)21(15)28;;/h3-4,7-8,10-11,18,32-34H,5-6,9,12-14H2,1-2H3;7-13,27H,1-6H3,(H,25,28)(H,26,29);2*1H4/t18-;;;/m1.../s1. The zero-order valence-corrected chi connectivity index (χ0v) is 38.2. The normalized spacial score (nSPS) is 15.1. The molecule has 2 aliphatic rings. The van der Waals surface area contributed by atoms with Gasteiger partial charge in [0.2, 0.25) is 5.43 Å². The molecule has 0 unspecified atom stereocenters. The van der Waals surface area contributed by atoms with Crippen LogP contribution in [0.3, 0.4) is 0 Å². The second kappa shape index (κ2) is 19.1. The molecule has 3 heterocycles. The van der Waals surface area contributed by atoms with Crippen LogP contribution in [0.2, 0.25) is 0 Å². The molecule has 0 spiro atoms. The zero-order valence-electron chi connectivity index (χ0n) is 38.2. The van der Waals surface area contributed by atoms with Gasteiger partial charge in [-0.3, -0.25) is 14.4 Å². The van der Waals surface area contributed by atoms with Gasteiger partial charge < -0.3 is 44.8 Å². The van der Waals surface area contributed by atoms with Crippen molar-refractivity contribution >= 4 is 39.2 Å². The second-order valence-electron chi connectivity index (χ2n) is 20.0. The third-order valence-electron chi connectivity index (χ3n) is 12.4. The number of aliphatic hydroxyl groups excluding tert-OH is 3. The minimum atomic E-state index is -3.76. The molecule has 4 aromatic carbocycles. The van der Waals surface area contributed by atoms with E-state index in [1.807, 2.05) is 67.5 Å². The molecule has 68 heavy (non-hydrogen) atoms. The fourth-order valence-electron chi connectivity index (χ4n) is 8.45. The van der Waals surface area contributed by atoms with Gasteiger partial charge in [-0.1, -0.05) is 88.4 Å². The lowest BCUT2D eigenvalue weighted by Crippen LogP contribution is -2.29. The molecule has 6 aromatic rings. The van der Waals surface area contributed by atoms with Crippen LogP contribution in [0.15, 0.2) is 83.8 Å². The van der Waals surface area contributed by atoms with E-state index in [4.69, 9.17) is 0 Å². The maximum atomic E-state index is 15.3. The number of anilines is 1. The van der Waals surface area contributed by atoms with Crippen molar-refractivity contribution in [1.29, 1.82) is 0 Å². The summed E-state index contributed by atoms with van der Waals surface area (Å²) in [7, 11) is 0. The van der Waals surface area contributed by atoms with Crippen molar-refractivity contribution in [1.82, 2.24) is 9.55 Å². The number of carbonyl (C=O) groups excluding carboxylic acids is 2. The van der Waals surface area contributed by atoms with E-state index in [9.17, 15) is 43.6 Å². The Kier molecular flexibility index (Phi) is 14.8. The quantitative estimate of drug-likeness (QED) is 0.0736. The van der Waals surface area contributed by atoms with Crippen molar-refractivity contribution in [2.45, 2.75) is 130 Å². The summed E-state index contributed by atoms with van der Waals surface area (Å²) in [6.07, 6.45) is -2.58. The fraction of sp³-hybridized carbons (Fsp3) is 0.415. The number of hydrogen-bond donors (Lipinski definition) is 6. The molecule has 8 rings (SSSR count). The molecule has 12 nitrogen and oxygen atoms in total. The Morgan fingerprint density at radius 3 is 2.13 bits per heavy atom. The number of carbonyl (C=O) groups is 2. The Balaban J connectivity index is 0.000000254. The number of para-hydroxylation sites is 1. The lowest BCUT2D eigenvalue weighted by atomic mass is 9.79. The molecule has 15 heteroatoms. The summed E-state index contributed by atoms with van der Waals surface area (Å²) in [4.78, 5) is 42.1. The van der Waals surface area contributed by atoms with E-state index in [1.54, 1.807) is 47.0 Å². The van der Waals surface area contributed by atoms with Crippen molar-refractivity contribution in [3.63, 3.8) is 0 Å². The second-order valence-corrected chi connectivity index (χ2v) is 20.0. The number of alkyl halides is 2. The summed E-state index contributed by atoms with van der Waals surface area (Å²) in [6, 6.07) is 19.5. The van der Waals surface area contributed by atoms with Crippen molar-refractivity contribution in [2.75, 3.05) is 18.5 Å². The number of H-pyrrole nitrogens is 1. The molecule has 0 radical (unpaired) electrons. The van der Waals surface area contributed by atoms with Crippen molar-refractivity contribution in [3.8, 4) is 17.2 Å². The third-order valence-corrected chi connectivity index (χ3v) is 12.4. The number of aromatic nitrogens is 2. The summed E-state index contributed by atoms with van der Waals surface area (Å²) in [6.45, 7) is 15.2. The summed E-state index contributed by atoms with van der Waals surface area (Å²) in [5, 5.41) is 43.8. The van der Waals surface area contributed by atoms with E-state index >= 15 is 4.39 Å². The number of fused-ring (bicyclic) bond motifs is 3. The number of ketones is 1. The van der Waals surface area contributed by atoms with E-state index in [1.165, 1.54) is 24.4 Å². The van der Waals surface area contributed by atoms with Gasteiger partial charge >= 0.3 is 6.29 Å². The molecule has 1 atom stereocenters. The van der Waals surface area contributed by atoms with Gasteiger partial charge in [-0.25, -0.2) is 4.39 Å². The van der Waals surface area contributed by atoms with E-state index in [-0.39, 0.29) is 84.8 Å². The van der Waals surface area contributed by atoms with Crippen LogP contribution in [0.25, 0.3) is 21.8 Å². The first-order chi connectivity index (χ1) is 30.8. The van der Waals surface area contributed by atoms with Gasteiger partial charge in [0, 0.05) is 51.8 Å². The van der Waals surface area contributed by atoms with Crippen LogP contribution in [-0.4, -0.2) is 67.3 Å². The molecular formula is C53H64F3N3O9. The number of nitrogens with one attached hydrogen (secondary N) is 2. The predicted octanol–water partition coefficient (Wildman–Crippen LogP) is 9.92. The number of nitrogens with zero attached hydrogens (tertiary/aromatic N) is 1. The largest absolute Gasteiger partial charge is 0.586 e. The van der Waals surface area contributed by atoms with E-state index in [2.05, 4.69) is 19.8 Å². The van der Waals surface area contributed by atoms with Gasteiger partial charge in [0.25, 0.3) is 5.91 Å². The van der Waals surface area contributed by atoms with Crippen LogP contribution < -0.4 is 20.2 Å². The van der Waals surface area contributed by atoms with Crippen LogP contribution in [0, 0.1) is 5.82 Å². The molecule has 6 N–H and O–H groups in total. The highest BCUT2D eigenvalue weighted by Gasteiger charge is 2.52. The molecule has 1 saturated carbocycles. The summed E-state index contributed by atoms with van der Waals surface area (Å²) in [5.41, 5.74) is 2.27. The molecule has 1 aliphatic carbocycles. The molecule has 2 aromatic heterocycles. The number of halogens is 3. The van der Waals surface area contributed by atoms with Gasteiger partial charge in [-0.2, -0.15) is 0 Å². The number of hydrogen-bond acceptors (Lipinski definition) is 9. The molecular weight excluding hydrogens is 880 g/mol. The summed E-state index contributed by atoms with van der Waals surface area (Å²) < 4.78 is 52.8. The topological polar surface area (TPSA) is 183 Å². The Hall–Kier alpha value is -6.16. The van der Waals surface area contributed by atoms with Crippen LogP contribution in [-0.2, 0) is 39.4 Å². The number of aliphatic hydroxyl groups is 3. The van der Waals surface area contributed by atoms with Crippen LogP contribution in [0.4, 0.5) is 18.9 Å². The monoisotopic (exact) mass is 943 g/mol. The van der Waals surface area contributed by atoms with Crippen LogP contribution >= 0.6 is 0 Å². The maximum absolute atomic E-state index is 15.3. The van der Waals surface area contributed by atoms with Crippen LogP contribution in [0.1, 0.15) is 121 Å². The number of pyridine rings is 1. The van der Waals surface area contributed by atoms with Crippen molar-refractivity contribution in [3.05, 3.63) is 129 Å². The Labute approximate surface area is 394 Å². The maximum Gasteiger partial charge on any atom is 0.586 e. The highest BCUT2D eigenvalue weighted by atomic mass is 19.3. The van der Waals surface area contributed by atoms with Crippen LogP contribution in [0.5, 0.6) is 17.2 Å². The SMILES string of the molecule is C.C.CC(C)(C)c1cc(C(C)(C)C)c(NC(=O)c2c[nH]c3ccccc3c2=O)cc1O.CC(C)(CO)c1cc2cc(CC(=O)C3(c4ccc5c(c4)OC(F)(F)O5)CC3)c(F)cc2n1C[C@@H](O)CO. The Bertz CT molecular complexity index is 2920. The number of ether oxygens (including phenoxy) is 2. The number of aromatic amines is 1. The highest BCUT2D eigenvalue weighted by molar-refractivity contribution is 6.06. The number of aromatic hydroxyl groups is 1. The number of phenols is 1. The first-order valence-electron chi connectivity index (χ1n) is 21.7. The third kappa shape index (κ3) is 10.4. The number of Topliss-reactive ketones (excluding diaryl/α,β-unsaturated/α-hetero) is 1. The van der Waals surface area contributed by atoms with Gasteiger partial charge in [-0.15, -0.1) is 8.78 Å². The highest BCUT2D eigenvalue weighted by Crippen LogP contribution is 2.53. The van der Waals surface area contributed by atoms with E-state index in [0.29, 0.717) is 51.6 Å². The number of rotatable bonds is 11. The van der Waals surface area contributed by atoms with Gasteiger partial charge in [0.05, 0.1) is 36.8 Å². The lowest BCUT2D eigenvalue weighted by Gasteiger charge is -2.28. The smallest absolute Gasteiger partial charge is 0.508 e. The Morgan fingerprint density at radius 2 is 1.51 bits per heavy atom. The predicted molar refractivity (Wildman–Crippen MR) is 259 cm³/mol. The van der Waals surface area contributed by atoms with Crippen molar-refractivity contribution in [2.24, 2.45) is 0 Å². The lowest BCUT2D eigenvalue weighted by molar-refractivity contribution is -0.286. The van der Waals surface area contributed by atoms with E-state index in [0.717, 1.165) is 11.1 Å². The molecule has 1 fully saturated rings. The first-order valence-corrected chi connectivity index (χ1v) is 21.7. The molecule has 366 valence electrons. The van der Waals surface area contributed by atoms with E-state index < -0.39 is 41.6 Å². The molecule has 1 aliphatic heterocycles. The number of amides is 1. The number of phenolic OH excluding ortho intramolecular Hbond substituents is 1. The zero-order chi connectivity index (χ0) is 48.3. The fourth-order valence-corrected chi connectivity index (χ4v) is 8.45. The van der Waals surface area contributed by atoms with Gasteiger partial charge in [0.1, 0.15) is 22.9 Å². The molecule has 0 saturated heterocycles. The van der Waals surface area contributed by atoms with Crippen molar-refractivity contribution < 1.29 is 52.7 Å². The summed E-state index contributed by atoms with van der Waals surface area (Å²) >= 11 is 0. The molecule has 1 amide bonds. The number of benzene rings is 4. The average molecular weight is 944 g/mol. The summed E-state index contributed by atoms with van der Waals surface area (Å²) in [5.74, 6) is -1.47. The Morgan fingerprint density at radius 1 is 0.868 bits per heavy atom. The molecule has 0 bridgehead atoms. The first kappa shape index (κ1) is 52.8.